The van der Waals surface area contributed by atoms with E-state index < -0.39 is 11.1 Å². The highest BCUT2D eigenvalue weighted by Crippen LogP contribution is 2.08. The standard InChI is InChI=1S/C10H12O4S/c1-2-14-10(11)7-8-3-5-9(6-4-8)15(12)13/h3-6H,2,7H2,1H3,(H,12,13)/p-1. The number of carbonyl (C=O) groups is 1. The van der Waals surface area contributed by atoms with E-state index in [1.165, 1.54) is 12.1 Å². The first-order valence-corrected chi connectivity index (χ1v) is 5.54. The van der Waals surface area contributed by atoms with Crippen LogP contribution in [0.5, 0.6) is 0 Å². The number of ether oxygens (including phenoxy) is 1. The second kappa shape index (κ2) is 5.63. The van der Waals surface area contributed by atoms with Crippen LogP contribution in [0.15, 0.2) is 29.2 Å². The SMILES string of the molecule is CCOC(=O)Cc1ccc(S(=O)[O-])cc1. The summed E-state index contributed by atoms with van der Waals surface area (Å²) < 4.78 is 25.9. The molecule has 82 valence electrons. The molecule has 0 radical (unpaired) electrons. The van der Waals surface area contributed by atoms with Crippen LogP contribution in [-0.4, -0.2) is 21.3 Å². The smallest absolute Gasteiger partial charge is 0.310 e. The van der Waals surface area contributed by atoms with Gasteiger partial charge in [-0.05, 0) is 35.7 Å². The lowest BCUT2D eigenvalue weighted by Crippen LogP contribution is -2.07. The van der Waals surface area contributed by atoms with E-state index in [-0.39, 0.29) is 17.3 Å². The lowest BCUT2D eigenvalue weighted by Gasteiger charge is -2.06. The monoisotopic (exact) mass is 227 g/mol. The van der Waals surface area contributed by atoms with Crippen molar-refractivity contribution in [3.05, 3.63) is 29.8 Å². The first kappa shape index (κ1) is 11.9. The molecule has 0 saturated heterocycles. The van der Waals surface area contributed by atoms with Gasteiger partial charge in [0.05, 0.1) is 13.0 Å². The molecule has 0 aliphatic heterocycles. The van der Waals surface area contributed by atoms with Gasteiger partial charge in [-0.1, -0.05) is 12.1 Å². The van der Waals surface area contributed by atoms with E-state index in [1.54, 1.807) is 19.1 Å². The maximum Gasteiger partial charge on any atom is 0.310 e. The van der Waals surface area contributed by atoms with E-state index in [4.69, 9.17) is 4.74 Å². The predicted octanol–water partition coefficient (Wildman–Crippen LogP) is 1.03. The Morgan fingerprint density at radius 3 is 2.47 bits per heavy atom. The van der Waals surface area contributed by atoms with E-state index in [0.717, 1.165) is 5.56 Å². The van der Waals surface area contributed by atoms with Crippen molar-refractivity contribution in [1.29, 1.82) is 0 Å². The molecule has 0 saturated carbocycles. The summed E-state index contributed by atoms with van der Waals surface area (Å²) in [7, 11) is 0. The largest absolute Gasteiger partial charge is 0.768 e. The third kappa shape index (κ3) is 3.81. The second-order valence-corrected chi connectivity index (χ2v) is 3.80. The van der Waals surface area contributed by atoms with Crippen LogP contribution in [0.1, 0.15) is 12.5 Å². The van der Waals surface area contributed by atoms with Gasteiger partial charge in [0.1, 0.15) is 0 Å². The Bertz CT molecular complexity index is 358. The summed E-state index contributed by atoms with van der Waals surface area (Å²) in [5.41, 5.74) is 0.739. The molecule has 0 aliphatic rings. The van der Waals surface area contributed by atoms with Gasteiger partial charge in [-0.3, -0.25) is 9.00 Å². The van der Waals surface area contributed by atoms with Gasteiger partial charge in [0.15, 0.2) is 0 Å². The minimum absolute atomic E-state index is 0.166. The van der Waals surface area contributed by atoms with Gasteiger partial charge in [0.25, 0.3) is 0 Å². The Morgan fingerprint density at radius 1 is 1.40 bits per heavy atom. The lowest BCUT2D eigenvalue weighted by molar-refractivity contribution is -0.142. The Balaban J connectivity index is 2.64. The molecule has 1 atom stereocenters. The third-order valence-corrected chi connectivity index (χ3v) is 2.43. The zero-order valence-corrected chi connectivity index (χ0v) is 9.08. The summed E-state index contributed by atoms with van der Waals surface area (Å²) in [6.07, 6.45) is 0.166. The fourth-order valence-electron chi connectivity index (χ4n) is 1.10. The topological polar surface area (TPSA) is 66.4 Å². The normalized spacial score (nSPS) is 12.1. The highest BCUT2D eigenvalue weighted by atomic mass is 32.2. The lowest BCUT2D eigenvalue weighted by atomic mass is 10.1. The molecular weight excluding hydrogens is 216 g/mol. The number of rotatable bonds is 4. The summed E-state index contributed by atoms with van der Waals surface area (Å²) in [6, 6.07) is 6.11. The van der Waals surface area contributed by atoms with Crippen molar-refractivity contribution in [3.63, 3.8) is 0 Å². The Hall–Kier alpha value is -1.20. The van der Waals surface area contributed by atoms with Gasteiger partial charge < -0.3 is 9.29 Å². The van der Waals surface area contributed by atoms with Crippen molar-refractivity contribution in [2.75, 3.05) is 6.61 Å². The van der Waals surface area contributed by atoms with Gasteiger partial charge in [0.2, 0.25) is 0 Å². The van der Waals surface area contributed by atoms with Crippen molar-refractivity contribution in [1.82, 2.24) is 0 Å². The van der Waals surface area contributed by atoms with Gasteiger partial charge in [-0.15, -0.1) is 0 Å². The summed E-state index contributed by atoms with van der Waals surface area (Å²) in [5.74, 6) is -0.312. The van der Waals surface area contributed by atoms with Gasteiger partial charge in [0, 0.05) is 4.90 Å². The number of benzene rings is 1. The summed E-state index contributed by atoms with van der Waals surface area (Å²) in [4.78, 5) is 11.3. The zero-order chi connectivity index (χ0) is 11.3. The molecule has 0 N–H and O–H groups in total. The van der Waals surface area contributed by atoms with Crippen LogP contribution >= 0.6 is 0 Å². The van der Waals surface area contributed by atoms with Crippen LogP contribution in [-0.2, 0) is 27.0 Å². The highest BCUT2D eigenvalue weighted by Gasteiger charge is 2.03. The fourth-order valence-corrected chi connectivity index (χ4v) is 1.46. The van der Waals surface area contributed by atoms with Crippen LogP contribution in [0.3, 0.4) is 0 Å². The predicted molar refractivity (Wildman–Crippen MR) is 54.0 cm³/mol. The molecule has 5 heteroatoms. The second-order valence-electron chi connectivity index (χ2n) is 2.86. The average Bonchev–Trinajstić information content (AvgIpc) is 2.18. The van der Waals surface area contributed by atoms with E-state index in [1.807, 2.05) is 0 Å². The molecule has 0 fully saturated rings. The van der Waals surface area contributed by atoms with Crippen LogP contribution in [0.4, 0.5) is 0 Å². The molecule has 1 rings (SSSR count). The van der Waals surface area contributed by atoms with Crippen molar-refractivity contribution in [2.45, 2.75) is 18.2 Å². The number of hydrogen-bond donors (Lipinski definition) is 0. The number of hydrogen-bond acceptors (Lipinski definition) is 4. The fraction of sp³-hybridized carbons (Fsp3) is 0.300. The Morgan fingerprint density at radius 2 is 2.00 bits per heavy atom. The molecule has 0 bridgehead atoms. The van der Waals surface area contributed by atoms with E-state index in [2.05, 4.69) is 0 Å². The molecule has 1 unspecified atom stereocenters. The van der Waals surface area contributed by atoms with Crippen molar-refractivity contribution >= 4 is 17.0 Å². The Labute approximate surface area is 90.5 Å². The molecule has 0 aliphatic carbocycles. The average molecular weight is 227 g/mol. The third-order valence-electron chi connectivity index (χ3n) is 1.77. The minimum atomic E-state index is -2.22. The quantitative estimate of drug-likeness (QED) is 0.569. The summed E-state index contributed by atoms with van der Waals surface area (Å²) >= 11 is -2.22. The zero-order valence-electron chi connectivity index (χ0n) is 8.26. The van der Waals surface area contributed by atoms with Crippen LogP contribution in [0, 0.1) is 0 Å². The van der Waals surface area contributed by atoms with Crippen LogP contribution in [0.25, 0.3) is 0 Å². The van der Waals surface area contributed by atoms with Crippen molar-refractivity contribution in [2.24, 2.45) is 0 Å². The number of carbonyl (C=O) groups excluding carboxylic acids is 1. The molecule has 0 aromatic heterocycles. The molecule has 15 heavy (non-hydrogen) atoms. The van der Waals surface area contributed by atoms with Crippen molar-refractivity contribution < 1.29 is 18.3 Å². The number of esters is 1. The van der Waals surface area contributed by atoms with Gasteiger partial charge >= 0.3 is 5.97 Å². The molecule has 1 aromatic rings. The van der Waals surface area contributed by atoms with Crippen LogP contribution < -0.4 is 0 Å². The first-order valence-electron chi connectivity index (χ1n) is 4.47. The summed E-state index contributed by atoms with van der Waals surface area (Å²) in [6.45, 7) is 2.09. The van der Waals surface area contributed by atoms with E-state index >= 15 is 0 Å². The van der Waals surface area contributed by atoms with Crippen molar-refractivity contribution in [3.8, 4) is 0 Å². The first-order chi connectivity index (χ1) is 7.13. The summed E-state index contributed by atoms with van der Waals surface area (Å²) in [5, 5.41) is 0. The molecule has 0 spiro atoms. The molecule has 0 amide bonds. The molecule has 0 heterocycles. The minimum Gasteiger partial charge on any atom is -0.768 e. The molecule has 1 aromatic carbocycles. The maximum atomic E-state index is 11.1. The highest BCUT2D eigenvalue weighted by molar-refractivity contribution is 7.79. The van der Waals surface area contributed by atoms with E-state index in [9.17, 15) is 13.6 Å². The Kier molecular flexibility index (Phi) is 4.45. The van der Waals surface area contributed by atoms with Crippen LogP contribution in [0.2, 0.25) is 0 Å². The van der Waals surface area contributed by atoms with Gasteiger partial charge in [-0.2, -0.15) is 0 Å². The molecule has 4 nitrogen and oxygen atoms in total. The maximum absolute atomic E-state index is 11.1. The van der Waals surface area contributed by atoms with E-state index in [0.29, 0.717) is 6.61 Å². The molecular formula is C10H11O4S-. The van der Waals surface area contributed by atoms with Gasteiger partial charge in [-0.25, -0.2) is 0 Å².